The second-order valence-electron chi connectivity index (χ2n) is 4.16. The summed E-state index contributed by atoms with van der Waals surface area (Å²) >= 11 is 0. The Bertz CT molecular complexity index is 580. The van der Waals surface area contributed by atoms with Crippen LogP contribution in [0, 0.1) is 0 Å². The van der Waals surface area contributed by atoms with Crippen molar-refractivity contribution in [3.05, 3.63) is 43.0 Å². The van der Waals surface area contributed by atoms with E-state index in [9.17, 15) is 10.0 Å². The van der Waals surface area contributed by atoms with Gasteiger partial charge >= 0.3 is 0 Å². The van der Waals surface area contributed by atoms with E-state index in [4.69, 9.17) is 4.74 Å². The van der Waals surface area contributed by atoms with Gasteiger partial charge in [0.05, 0.1) is 19.8 Å². The average molecular weight is 262 g/mol. The summed E-state index contributed by atoms with van der Waals surface area (Å²) in [7, 11) is 3.39. The summed E-state index contributed by atoms with van der Waals surface area (Å²) in [6.45, 7) is 0.0640. The van der Waals surface area contributed by atoms with Crippen molar-refractivity contribution in [3.8, 4) is 5.75 Å². The van der Waals surface area contributed by atoms with Crippen LogP contribution in [0.2, 0.25) is 0 Å². The molecule has 0 fully saturated rings. The lowest BCUT2D eigenvalue weighted by Crippen LogP contribution is -2.31. The monoisotopic (exact) mass is 262 g/mol. The zero-order chi connectivity index (χ0) is 13.8. The lowest BCUT2D eigenvalue weighted by atomic mass is 10.3. The third kappa shape index (κ3) is 3.11. The Balaban J connectivity index is 2.09. The number of nitrogens with zero attached hydrogens (tertiary/aromatic N) is 3. The molecule has 0 spiro atoms. The predicted molar refractivity (Wildman–Crippen MR) is 67.9 cm³/mol. The van der Waals surface area contributed by atoms with Gasteiger partial charge in [-0.3, -0.25) is 10.0 Å². The highest BCUT2D eigenvalue weighted by Crippen LogP contribution is 2.19. The number of carbonyl (C=O) groups excluding carboxylic acids is 1. The van der Waals surface area contributed by atoms with E-state index in [1.54, 1.807) is 41.4 Å². The van der Waals surface area contributed by atoms with Gasteiger partial charge in [-0.15, -0.1) is 0 Å². The summed E-state index contributed by atoms with van der Waals surface area (Å²) in [6.07, 6.45) is 5.34. The van der Waals surface area contributed by atoms with Crippen molar-refractivity contribution in [1.29, 1.82) is 0 Å². The number of anilines is 1. The summed E-state index contributed by atoms with van der Waals surface area (Å²) in [5, 5.41) is 10.5. The molecule has 2 rings (SSSR count). The van der Waals surface area contributed by atoms with Gasteiger partial charge in [-0.2, -0.15) is 5.06 Å². The molecule has 1 amide bonds. The molecule has 0 bridgehead atoms. The van der Waals surface area contributed by atoms with Gasteiger partial charge in [0.25, 0.3) is 5.91 Å². The molecule has 1 aromatic carbocycles. The number of rotatable bonds is 4. The molecule has 1 N–H and O–H groups in total. The number of benzene rings is 1. The predicted octanol–water partition coefficient (Wildman–Crippen LogP) is 0.744. The molecular formula is C13H16N3O3+. The van der Waals surface area contributed by atoms with E-state index in [-0.39, 0.29) is 6.54 Å². The maximum Gasteiger partial charge on any atom is 0.292 e. The van der Waals surface area contributed by atoms with Crippen LogP contribution >= 0.6 is 0 Å². The summed E-state index contributed by atoms with van der Waals surface area (Å²) in [5.74, 6) is 0.154. The van der Waals surface area contributed by atoms with Crippen molar-refractivity contribution in [2.45, 2.75) is 6.54 Å². The number of hydrogen-bond acceptors (Lipinski definition) is 3. The number of hydroxylamine groups is 1. The smallest absolute Gasteiger partial charge is 0.292 e. The Kier molecular flexibility index (Phi) is 3.82. The molecular weight excluding hydrogens is 246 g/mol. The van der Waals surface area contributed by atoms with Crippen LogP contribution in [0.4, 0.5) is 5.69 Å². The first-order valence-corrected chi connectivity index (χ1v) is 5.77. The topological polar surface area (TPSA) is 58.6 Å². The van der Waals surface area contributed by atoms with Crippen LogP contribution in [0.15, 0.2) is 43.0 Å². The van der Waals surface area contributed by atoms with Crippen LogP contribution in [0.1, 0.15) is 0 Å². The van der Waals surface area contributed by atoms with Crippen molar-refractivity contribution in [3.63, 3.8) is 0 Å². The van der Waals surface area contributed by atoms with Crippen LogP contribution in [-0.4, -0.2) is 22.8 Å². The fourth-order valence-electron chi connectivity index (χ4n) is 1.70. The van der Waals surface area contributed by atoms with Crippen molar-refractivity contribution < 1.29 is 19.3 Å². The number of carbonyl (C=O) groups is 1. The lowest BCUT2D eigenvalue weighted by molar-refractivity contribution is -0.671. The molecule has 1 aromatic heterocycles. The zero-order valence-electron chi connectivity index (χ0n) is 10.9. The van der Waals surface area contributed by atoms with Gasteiger partial charge in [0.15, 0.2) is 6.54 Å². The van der Waals surface area contributed by atoms with Crippen molar-refractivity contribution >= 4 is 11.6 Å². The standard InChI is InChI=1S/C13H16N3O3/c1-14-6-7-15(10-14)9-13(17)16(18)11-4-3-5-12(8-11)19-2/h3-8,10,18H,9H2,1-2H3/q+1. The van der Waals surface area contributed by atoms with Crippen molar-refractivity contribution in [1.82, 2.24) is 4.57 Å². The van der Waals surface area contributed by atoms with Crippen LogP contribution < -0.4 is 14.4 Å². The van der Waals surface area contributed by atoms with Gasteiger partial charge in [-0.05, 0) is 12.1 Å². The lowest BCUT2D eigenvalue weighted by Gasteiger charge is -2.14. The molecule has 6 heteroatoms. The van der Waals surface area contributed by atoms with E-state index in [0.717, 1.165) is 0 Å². The number of hydrogen-bond donors (Lipinski definition) is 1. The molecule has 0 atom stereocenters. The third-order valence-electron chi connectivity index (χ3n) is 2.68. The number of methoxy groups -OCH3 is 1. The second kappa shape index (κ2) is 5.53. The molecule has 0 aliphatic carbocycles. The molecule has 19 heavy (non-hydrogen) atoms. The largest absolute Gasteiger partial charge is 0.497 e. The van der Waals surface area contributed by atoms with Gasteiger partial charge in [-0.25, -0.2) is 9.13 Å². The molecule has 0 aliphatic rings. The quantitative estimate of drug-likeness (QED) is 0.502. The SMILES string of the molecule is COc1cccc(N(O)C(=O)Cn2cc[n+](C)c2)c1. The zero-order valence-corrected chi connectivity index (χ0v) is 10.9. The molecule has 0 saturated heterocycles. The van der Waals surface area contributed by atoms with Gasteiger partial charge in [-0.1, -0.05) is 6.07 Å². The maximum atomic E-state index is 11.9. The van der Waals surface area contributed by atoms with Gasteiger partial charge < -0.3 is 4.74 Å². The minimum absolute atomic E-state index is 0.0640. The van der Waals surface area contributed by atoms with Crippen molar-refractivity contribution in [2.24, 2.45) is 7.05 Å². The van der Waals surface area contributed by atoms with E-state index in [2.05, 4.69) is 0 Å². The highest BCUT2D eigenvalue weighted by atomic mass is 16.5. The summed E-state index contributed by atoms with van der Waals surface area (Å²) in [4.78, 5) is 11.9. The van der Waals surface area contributed by atoms with Gasteiger partial charge in [0.2, 0.25) is 6.33 Å². The Morgan fingerprint density at radius 3 is 2.95 bits per heavy atom. The fourth-order valence-corrected chi connectivity index (χ4v) is 1.70. The van der Waals surface area contributed by atoms with Crippen molar-refractivity contribution in [2.75, 3.05) is 12.2 Å². The average Bonchev–Trinajstić information content (AvgIpc) is 2.83. The van der Waals surface area contributed by atoms with Crippen LogP contribution in [0.25, 0.3) is 0 Å². The van der Waals surface area contributed by atoms with E-state index in [1.165, 1.54) is 7.11 Å². The minimum atomic E-state index is -0.426. The van der Waals surface area contributed by atoms with Crippen LogP contribution in [-0.2, 0) is 18.4 Å². The fraction of sp³-hybridized carbons (Fsp3) is 0.231. The van der Waals surface area contributed by atoms with Crippen LogP contribution in [0.3, 0.4) is 0 Å². The molecule has 1 heterocycles. The number of aromatic nitrogens is 2. The first-order chi connectivity index (χ1) is 9.10. The molecule has 0 unspecified atom stereocenters. The Morgan fingerprint density at radius 1 is 1.53 bits per heavy atom. The molecule has 2 aromatic rings. The van der Waals surface area contributed by atoms with E-state index in [1.807, 2.05) is 17.8 Å². The summed E-state index contributed by atoms with van der Waals surface area (Å²) in [5.41, 5.74) is 0.376. The van der Waals surface area contributed by atoms with Gasteiger partial charge in [0, 0.05) is 6.07 Å². The number of ether oxygens (including phenoxy) is 1. The highest BCUT2D eigenvalue weighted by molar-refractivity contribution is 5.90. The molecule has 0 saturated carbocycles. The van der Waals surface area contributed by atoms with Gasteiger partial charge in [0.1, 0.15) is 18.1 Å². The molecule has 0 radical (unpaired) electrons. The Hall–Kier alpha value is -2.34. The first kappa shape index (κ1) is 13.1. The van der Waals surface area contributed by atoms with Crippen LogP contribution in [0.5, 0.6) is 5.75 Å². The Morgan fingerprint density at radius 2 is 2.32 bits per heavy atom. The Labute approximate surface area is 111 Å². The number of aryl methyl sites for hydroxylation is 1. The van der Waals surface area contributed by atoms with E-state index >= 15 is 0 Å². The summed E-state index contributed by atoms with van der Waals surface area (Å²) < 4.78 is 8.55. The third-order valence-corrected chi connectivity index (χ3v) is 2.68. The normalized spacial score (nSPS) is 10.3. The maximum absolute atomic E-state index is 11.9. The molecule has 100 valence electrons. The highest BCUT2D eigenvalue weighted by Gasteiger charge is 2.17. The van der Waals surface area contributed by atoms with E-state index in [0.29, 0.717) is 16.5 Å². The second-order valence-corrected chi connectivity index (χ2v) is 4.16. The number of amides is 1. The molecule has 0 aliphatic heterocycles. The van der Waals surface area contributed by atoms with E-state index < -0.39 is 5.91 Å². The minimum Gasteiger partial charge on any atom is -0.497 e. The first-order valence-electron chi connectivity index (χ1n) is 5.77. The summed E-state index contributed by atoms with van der Waals surface area (Å²) in [6, 6.07) is 6.68. The number of imidazole rings is 1. The molecule has 6 nitrogen and oxygen atoms in total.